The van der Waals surface area contributed by atoms with E-state index in [1.165, 1.54) is 27.1 Å². The van der Waals surface area contributed by atoms with Crippen molar-refractivity contribution in [1.29, 1.82) is 0 Å². The van der Waals surface area contributed by atoms with Gasteiger partial charge in [-0.25, -0.2) is 4.79 Å². The zero-order valence-corrected chi connectivity index (χ0v) is 9.93. The molecule has 0 aliphatic rings. The molecule has 1 aromatic rings. The smallest absolute Gasteiger partial charge is 0.330 e. The molecule has 0 fully saturated rings. The molecule has 1 rings (SSSR count). The summed E-state index contributed by atoms with van der Waals surface area (Å²) < 4.78 is 1.98. The lowest BCUT2D eigenvalue weighted by atomic mass is 9.94. The van der Waals surface area contributed by atoms with Gasteiger partial charge in [0.2, 0.25) is 0 Å². The van der Waals surface area contributed by atoms with Crippen LogP contribution in [0, 0.1) is 5.41 Å². The lowest BCUT2D eigenvalue weighted by Gasteiger charge is -2.20. The third kappa shape index (κ3) is 2.38. The van der Waals surface area contributed by atoms with Gasteiger partial charge in [-0.2, -0.15) is 0 Å². The van der Waals surface area contributed by atoms with E-state index in [1.807, 2.05) is 0 Å². The van der Waals surface area contributed by atoms with Crippen molar-refractivity contribution < 1.29 is 9.90 Å². The number of anilines is 1. The Morgan fingerprint density at radius 2 is 2.00 bits per heavy atom. The van der Waals surface area contributed by atoms with Crippen LogP contribution in [0.15, 0.2) is 15.8 Å². The minimum Gasteiger partial charge on any atom is -0.481 e. The van der Waals surface area contributed by atoms with Gasteiger partial charge < -0.3 is 15.4 Å². The predicted octanol–water partition coefficient (Wildman–Crippen LogP) is -0.760. The van der Waals surface area contributed by atoms with E-state index < -0.39 is 22.6 Å². The summed E-state index contributed by atoms with van der Waals surface area (Å²) in [7, 11) is 1.45. The zero-order valence-electron chi connectivity index (χ0n) is 9.93. The summed E-state index contributed by atoms with van der Waals surface area (Å²) in [5.41, 5.74) is 2.89. The third-order valence-corrected chi connectivity index (χ3v) is 2.49. The number of carbonyl (C=O) groups is 1. The number of nitrogens with zero attached hydrogens (tertiary/aromatic N) is 2. The van der Waals surface area contributed by atoms with Crippen molar-refractivity contribution in [2.24, 2.45) is 12.5 Å². The molecule has 1 aromatic heterocycles. The van der Waals surface area contributed by atoms with Gasteiger partial charge in [0.05, 0.1) is 5.41 Å². The van der Waals surface area contributed by atoms with E-state index in [1.54, 1.807) is 0 Å². The van der Waals surface area contributed by atoms with Crippen LogP contribution >= 0.6 is 0 Å². The van der Waals surface area contributed by atoms with Crippen LogP contribution in [0.4, 0.5) is 5.69 Å². The van der Waals surface area contributed by atoms with Crippen molar-refractivity contribution in [3.8, 4) is 0 Å². The summed E-state index contributed by atoms with van der Waals surface area (Å²) in [5, 5.41) is 8.97. The molecular weight excluding hydrogens is 226 g/mol. The quantitative estimate of drug-likeness (QED) is 0.723. The maximum absolute atomic E-state index is 11.7. The first-order chi connectivity index (χ1) is 7.66. The van der Waals surface area contributed by atoms with E-state index in [-0.39, 0.29) is 12.2 Å². The fourth-order valence-electron chi connectivity index (χ4n) is 1.35. The van der Waals surface area contributed by atoms with E-state index >= 15 is 0 Å². The molecule has 3 N–H and O–H groups in total. The second-order valence-corrected chi connectivity index (χ2v) is 4.56. The molecule has 0 aromatic carbocycles. The number of hydrogen-bond acceptors (Lipinski definition) is 4. The van der Waals surface area contributed by atoms with Gasteiger partial charge in [-0.05, 0) is 13.8 Å². The number of nitrogen functional groups attached to an aromatic ring is 1. The summed E-state index contributed by atoms with van der Waals surface area (Å²) in [6.45, 7) is 2.65. The number of aliphatic carboxylic acids is 1. The van der Waals surface area contributed by atoms with Crippen LogP contribution in [0.3, 0.4) is 0 Å². The first-order valence-corrected chi connectivity index (χ1v) is 4.96. The highest BCUT2D eigenvalue weighted by molar-refractivity contribution is 5.73. The molecule has 7 nitrogen and oxygen atoms in total. The molecule has 0 saturated carbocycles. The van der Waals surface area contributed by atoms with Gasteiger partial charge >= 0.3 is 11.7 Å². The lowest BCUT2D eigenvalue weighted by molar-refractivity contribution is -0.147. The van der Waals surface area contributed by atoms with Gasteiger partial charge in [-0.15, -0.1) is 0 Å². The molecule has 0 spiro atoms. The fraction of sp³-hybridized carbons (Fsp3) is 0.500. The van der Waals surface area contributed by atoms with Gasteiger partial charge in [0.25, 0.3) is 5.56 Å². The second kappa shape index (κ2) is 4.08. The predicted molar refractivity (Wildman–Crippen MR) is 61.8 cm³/mol. The Morgan fingerprint density at radius 3 is 2.47 bits per heavy atom. The molecule has 0 unspecified atom stereocenters. The molecular formula is C10H15N3O4. The molecule has 17 heavy (non-hydrogen) atoms. The highest BCUT2D eigenvalue weighted by atomic mass is 16.4. The number of aromatic nitrogens is 2. The summed E-state index contributed by atoms with van der Waals surface area (Å²) in [6, 6.07) is 0. The van der Waals surface area contributed by atoms with E-state index in [9.17, 15) is 14.4 Å². The maximum atomic E-state index is 11.7. The average molecular weight is 241 g/mol. The van der Waals surface area contributed by atoms with Crippen molar-refractivity contribution in [2.75, 3.05) is 5.73 Å². The highest BCUT2D eigenvalue weighted by Crippen LogP contribution is 2.16. The van der Waals surface area contributed by atoms with Crippen molar-refractivity contribution in [3.05, 3.63) is 27.0 Å². The van der Waals surface area contributed by atoms with Gasteiger partial charge in [0.15, 0.2) is 0 Å². The Hall–Kier alpha value is -2.05. The Labute approximate surface area is 97.1 Å². The standard InChI is InChI=1S/C10H15N3O4/c1-10(2,8(15)16)5-13-7(14)6(11)4-12(3)9(13)17/h4H,5,11H2,1-3H3,(H,15,16). The minimum atomic E-state index is -1.22. The Kier molecular flexibility index (Phi) is 3.12. The van der Waals surface area contributed by atoms with Crippen LogP contribution in [0.25, 0.3) is 0 Å². The summed E-state index contributed by atoms with van der Waals surface area (Å²) >= 11 is 0. The van der Waals surface area contributed by atoms with Gasteiger partial charge in [-0.1, -0.05) is 0 Å². The highest BCUT2D eigenvalue weighted by Gasteiger charge is 2.29. The molecule has 0 aliphatic carbocycles. The Bertz CT molecular complexity index is 534. The first-order valence-electron chi connectivity index (χ1n) is 4.96. The van der Waals surface area contributed by atoms with Crippen LogP contribution < -0.4 is 17.0 Å². The molecule has 0 saturated heterocycles. The topological polar surface area (TPSA) is 107 Å². The van der Waals surface area contributed by atoms with E-state index in [2.05, 4.69) is 0 Å². The van der Waals surface area contributed by atoms with E-state index in [4.69, 9.17) is 10.8 Å². The van der Waals surface area contributed by atoms with Gasteiger partial charge in [0, 0.05) is 19.8 Å². The molecule has 0 atom stereocenters. The first kappa shape index (κ1) is 13.0. The molecule has 0 radical (unpaired) electrons. The third-order valence-electron chi connectivity index (χ3n) is 2.49. The van der Waals surface area contributed by atoms with E-state index in [0.29, 0.717) is 0 Å². The SMILES string of the molecule is Cn1cc(N)c(=O)n(CC(C)(C)C(=O)O)c1=O. The Balaban J connectivity index is 3.39. The Morgan fingerprint density at radius 1 is 1.47 bits per heavy atom. The van der Waals surface area contributed by atoms with Gasteiger partial charge in [-0.3, -0.25) is 14.2 Å². The molecule has 7 heteroatoms. The number of rotatable bonds is 3. The van der Waals surface area contributed by atoms with Gasteiger partial charge in [0.1, 0.15) is 5.69 Å². The maximum Gasteiger partial charge on any atom is 0.330 e. The van der Waals surface area contributed by atoms with Crippen molar-refractivity contribution in [2.45, 2.75) is 20.4 Å². The normalized spacial score (nSPS) is 11.5. The summed E-state index contributed by atoms with van der Waals surface area (Å²) in [4.78, 5) is 34.4. The average Bonchev–Trinajstić information content (AvgIpc) is 2.21. The number of aryl methyl sites for hydroxylation is 1. The molecule has 0 aliphatic heterocycles. The number of carboxylic acids is 1. The van der Waals surface area contributed by atoms with Crippen LogP contribution in [0.1, 0.15) is 13.8 Å². The monoisotopic (exact) mass is 241 g/mol. The molecule has 0 bridgehead atoms. The van der Waals surface area contributed by atoms with Crippen LogP contribution in [0.2, 0.25) is 0 Å². The second-order valence-electron chi connectivity index (χ2n) is 4.56. The minimum absolute atomic E-state index is 0.0895. The number of carboxylic acid groups (broad SMARTS) is 1. The molecule has 0 amide bonds. The van der Waals surface area contributed by atoms with Crippen molar-refractivity contribution in [1.82, 2.24) is 9.13 Å². The van der Waals surface area contributed by atoms with Crippen LogP contribution in [-0.4, -0.2) is 20.2 Å². The summed E-state index contributed by atoms with van der Waals surface area (Å²) in [6.07, 6.45) is 1.22. The van der Waals surface area contributed by atoms with Crippen LogP contribution in [0.5, 0.6) is 0 Å². The number of hydrogen-bond donors (Lipinski definition) is 2. The molecule has 94 valence electrons. The zero-order chi connectivity index (χ0) is 13.4. The lowest BCUT2D eigenvalue weighted by Crippen LogP contribution is -2.44. The van der Waals surface area contributed by atoms with Crippen LogP contribution in [-0.2, 0) is 18.4 Å². The van der Waals surface area contributed by atoms with Crippen molar-refractivity contribution in [3.63, 3.8) is 0 Å². The summed E-state index contributed by atoms with van der Waals surface area (Å²) in [5.74, 6) is -1.09. The number of nitrogens with two attached hydrogens (primary N) is 1. The largest absolute Gasteiger partial charge is 0.481 e. The fourth-order valence-corrected chi connectivity index (χ4v) is 1.35. The van der Waals surface area contributed by atoms with E-state index in [0.717, 1.165) is 9.13 Å². The molecule has 1 heterocycles. The van der Waals surface area contributed by atoms with Crippen molar-refractivity contribution >= 4 is 11.7 Å².